The minimum absolute atomic E-state index is 0.0565. The molecule has 1 amide bonds. The molecule has 3 rings (SSSR count). The van der Waals surface area contributed by atoms with E-state index in [0.717, 1.165) is 16.3 Å². The third kappa shape index (κ3) is 4.37. The van der Waals surface area contributed by atoms with Crippen LogP contribution in [0.15, 0.2) is 23.6 Å². The summed E-state index contributed by atoms with van der Waals surface area (Å²) in [6.45, 7) is 6.19. The number of hydrogen-bond donors (Lipinski definition) is 3. The van der Waals surface area contributed by atoms with Crippen molar-refractivity contribution in [3.63, 3.8) is 0 Å². The second-order valence-electron chi connectivity index (χ2n) is 5.65. The Morgan fingerprint density at radius 1 is 1.26 bits per heavy atom. The van der Waals surface area contributed by atoms with Gasteiger partial charge in [-0.1, -0.05) is 24.3 Å². The molecule has 0 atom stereocenters. The second-order valence-corrected chi connectivity index (χ2v) is 7.51. The first kappa shape index (κ1) is 19.1. The van der Waals surface area contributed by atoms with Crippen molar-refractivity contribution >= 4 is 50.2 Å². The van der Waals surface area contributed by atoms with Crippen LogP contribution in [0.3, 0.4) is 0 Å². The van der Waals surface area contributed by atoms with Crippen molar-refractivity contribution in [2.75, 3.05) is 23.0 Å². The summed E-state index contributed by atoms with van der Waals surface area (Å²) in [5.41, 5.74) is 9.03. The molecular weight excluding hydrogens is 382 g/mol. The number of thiazole rings is 2. The number of aryl methyl sites for hydroxylation is 1. The van der Waals surface area contributed by atoms with E-state index >= 15 is 0 Å². The largest absolute Gasteiger partial charge is 0.492 e. The summed E-state index contributed by atoms with van der Waals surface area (Å²) in [5.74, 6) is 0.631. The lowest BCUT2D eigenvalue weighted by Gasteiger charge is -2.12. The van der Waals surface area contributed by atoms with Crippen LogP contribution in [-0.2, 0) is 4.79 Å². The zero-order valence-corrected chi connectivity index (χ0v) is 17.0. The van der Waals surface area contributed by atoms with E-state index in [2.05, 4.69) is 20.6 Å². The van der Waals surface area contributed by atoms with Crippen molar-refractivity contribution in [2.24, 2.45) is 0 Å². The van der Waals surface area contributed by atoms with Crippen molar-refractivity contribution in [3.05, 3.63) is 29.3 Å². The van der Waals surface area contributed by atoms with Crippen molar-refractivity contribution in [2.45, 2.75) is 27.2 Å². The fourth-order valence-electron chi connectivity index (χ4n) is 2.40. The lowest BCUT2D eigenvalue weighted by molar-refractivity contribution is -0.115. The Morgan fingerprint density at radius 2 is 2.07 bits per heavy atom. The van der Waals surface area contributed by atoms with Crippen molar-refractivity contribution in [3.8, 4) is 16.3 Å². The van der Waals surface area contributed by atoms with Gasteiger partial charge in [0.15, 0.2) is 10.3 Å². The number of para-hydroxylation sites is 1. The lowest BCUT2D eigenvalue weighted by Crippen LogP contribution is -2.08. The van der Waals surface area contributed by atoms with Crippen LogP contribution in [0.4, 0.5) is 21.6 Å². The third-order valence-corrected chi connectivity index (χ3v) is 5.54. The minimum atomic E-state index is -0.0565. The molecule has 0 saturated heterocycles. The molecule has 0 unspecified atom stereocenters. The summed E-state index contributed by atoms with van der Waals surface area (Å²) in [7, 11) is 0. The molecule has 2 aromatic heterocycles. The molecule has 27 heavy (non-hydrogen) atoms. The van der Waals surface area contributed by atoms with Crippen LogP contribution in [0.2, 0.25) is 0 Å². The smallest absolute Gasteiger partial charge is 0.225 e. The summed E-state index contributed by atoms with van der Waals surface area (Å²) in [6.07, 6.45) is 0.416. The van der Waals surface area contributed by atoms with Crippen LogP contribution in [0.1, 0.15) is 26.0 Å². The Hall–Kier alpha value is -2.65. The molecule has 7 nitrogen and oxygen atoms in total. The lowest BCUT2D eigenvalue weighted by atomic mass is 10.2. The van der Waals surface area contributed by atoms with E-state index < -0.39 is 0 Å². The monoisotopic (exact) mass is 403 g/mol. The highest BCUT2D eigenvalue weighted by Gasteiger charge is 2.15. The second kappa shape index (κ2) is 8.36. The zero-order valence-electron chi connectivity index (χ0n) is 15.3. The van der Waals surface area contributed by atoms with Crippen LogP contribution >= 0.6 is 22.7 Å². The first-order valence-electron chi connectivity index (χ1n) is 8.53. The average Bonchev–Trinajstić information content (AvgIpc) is 3.24. The highest BCUT2D eigenvalue weighted by atomic mass is 32.1. The van der Waals surface area contributed by atoms with Gasteiger partial charge in [-0.15, -0.1) is 11.3 Å². The van der Waals surface area contributed by atoms with Crippen LogP contribution in [-0.4, -0.2) is 22.5 Å². The van der Waals surface area contributed by atoms with Crippen molar-refractivity contribution in [1.82, 2.24) is 9.97 Å². The van der Waals surface area contributed by atoms with Gasteiger partial charge in [-0.2, -0.15) is 0 Å². The molecule has 0 radical (unpaired) electrons. The number of nitrogens with one attached hydrogen (secondary N) is 2. The number of ether oxygens (including phenoxy) is 1. The number of rotatable bonds is 7. The van der Waals surface area contributed by atoms with Gasteiger partial charge in [-0.3, -0.25) is 4.79 Å². The van der Waals surface area contributed by atoms with Crippen LogP contribution in [0, 0.1) is 6.92 Å². The maximum Gasteiger partial charge on any atom is 0.225 e. The van der Waals surface area contributed by atoms with Gasteiger partial charge < -0.3 is 21.1 Å². The predicted molar refractivity (Wildman–Crippen MR) is 112 cm³/mol. The van der Waals surface area contributed by atoms with E-state index in [1.807, 2.05) is 37.4 Å². The average molecular weight is 404 g/mol. The highest BCUT2D eigenvalue weighted by molar-refractivity contribution is 7.20. The first-order valence-corrected chi connectivity index (χ1v) is 10.2. The molecule has 3 aromatic rings. The van der Waals surface area contributed by atoms with Gasteiger partial charge in [0.05, 0.1) is 28.6 Å². The van der Waals surface area contributed by atoms with E-state index in [9.17, 15) is 4.79 Å². The summed E-state index contributed by atoms with van der Waals surface area (Å²) in [4.78, 5) is 21.6. The fourth-order valence-corrected chi connectivity index (χ4v) is 4.12. The predicted octanol–water partition coefficient (Wildman–Crippen LogP) is 4.65. The molecule has 0 bridgehead atoms. The zero-order chi connectivity index (χ0) is 19.4. The Morgan fingerprint density at radius 3 is 2.81 bits per heavy atom. The molecule has 4 N–H and O–H groups in total. The molecule has 0 aliphatic heterocycles. The van der Waals surface area contributed by atoms with Crippen LogP contribution < -0.4 is 21.1 Å². The summed E-state index contributed by atoms with van der Waals surface area (Å²) >= 11 is 2.88. The molecular formula is C18H21N5O2S2. The van der Waals surface area contributed by atoms with E-state index in [4.69, 9.17) is 10.5 Å². The number of nitrogens with two attached hydrogens (primary N) is 1. The number of carbonyl (C=O) groups is 1. The Kier molecular flexibility index (Phi) is 5.92. The maximum atomic E-state index is 11.6. The first-order chi connectivity index (χ1) is 13.0. The fraction of sp³-hybridized carbons (Fsp3) is 0.278. The molecule has 1 aromatic carbocycles. The topological polar surface area (TPSA) is 102 Å². The van der Waals surface area contributed by atoms with Crippen LogP contribution in [0.25, 0.3) is 10.6 Å². The Bertz CT molecular complexity index is 951. The number of aromatic nitrogens is 2. The standard InChI is InChI=1S/C18H21N5O2S2/c1-4-14(24)22-18-20-10(3)16(27-18)12-9-26-17(21-12)23-15-11(19)7-6-8-13(15)25-5-2/h6-9H,4-5,19H2,1-3H3,(H,21,23)(H,20,22,24). The van der Waals surface area contributed by atoms with Crippen LogP contribution in [0.5, 0.6) is 5.75 Å². The SMILES string of the molecule is CCOc1cccc(N)c1Nc1nc(-c2sc(NC(=O)CC)nc2C)cs1. The molecule has 0 spiro atoms. The Labute approximate surface area is 165 Å². The minimum Gasteiger partial charge on any atom is -0.492 e. The van der Waals surface area contributed by atoms with Gasteiger partial charge in [0.2, 0.25) is 5.91 Å². The normalized spacial score (nSPS) is 10.6. The number of hydrogen-bond acceptors (Lipinski definition) is 8. The molecule has 0 aliphatic carbocycles. The number of anilines is 4. The van der Waals surface area contributed by atoms with Crippen molar-refractivity contribution in [1.29, 1.82) is 0 Å². The van der Waals surface area contributed by atoms with Gasteiger partial charge in [0, 0.05) is 11.8 Å². The Balaban J connectivity index is 1.83. The summed E-state index contributed by atoms with van der Waals surface area (Å²) < 4.78 is 5.64. The van der Waals surface area contributed by atoms with E-state index in [-0.39, 0.29) is 5.91 Å². The highest BCUT2D eigenvalue weighted by Crippen LogP contribution is 2.38. The maximum absolute atomic E-state index is 11.6. The van der Waals surface area contributed by atoms with Gasteiger partial charge in [-0.25, -0.2) is 9.97 Å². The molecule has 0 saturated carbocycles. The molecule has 142 valence electrons. The molecule has 0 aliphatic rings. The molecule has 0 fully saturated rings. The van der Waals surface area contributed by atoms with E-state index in [1.165, 1.54) is 22.7 Å². The summed E-state index contributed by atoms with van der Waals surface area (Å²) in [6, 6.07) is 5.54. The molecule has 9 heteroatoms. The molecule has 2 heterocycles. The number of nitrogens with zero attached hydrogens (tertiary/aromatic N) is 2. The van der Waals surface area contributed by atoms with Gasteiger partial charge in [-0.05, 0) is 26.0 Å². The summed E-state index contributed by atoms with van der Waals surface area (Å²) in [5, 5.41) is 9.29. The third-order valence-electron chi connectivity index (χ3n) is 3.69. The van der Waals surface area contributed by atoms with E-state index in [1.54, 1.807) is 6.92 Å². The van der Waals surface area contributed by atoms with Gasteiger partial charge in [0.1, 0.15) is 11.4 Å². The number of benzene rings is 1. The number of carbonyl (C=O) groups excluding carboxylic acids is 1. The quantitative estimate of drug-likeness (QED) is 0.496. The number of amides is 1. The van der Waals surface area contributed by atoms with Gasteiger partial charge in [0.25, 0.3) is 0 Å². The van der Waals surface area contributed by atoms with Crippen molar-refractivity contribution < 1.29 is 9.53 Å². The van der Waals surface area contributed by atoms with Gasteiger partial charge >= 0.3 is 0 Å². The number of nitrogen functional groups attached to an aromatic ring is 1. The van der Waals surface area contributed by atoms with E-state index in [0.29, 0.717) is 40.4 Å².